The maximum atomic E-state index is 12.0. The number of benzene rings is 1. The Labute approximate surface area is 132 Å². The maximum absolute atomic E-state index is 12.0. The second-order valence-corrected chi connectivity index (χ2v) is 6.08. The van der Waals surface area contributed by atoms with E-state index in [2.05, 4.69) is 10.3 Å². The zero-order chi connectivity index (χ0) is 15.1. The summed E-state index contributed by atoms with van der Waals surface area (Å²) >= 11 is 7.88. The molecule has 1 heterocycles. The number of nitrogens with zero attached hydrogens (tertiary/aromatic N) is 1. The van der Waals surface area contributed by atoms with Crippen LogP contribution in [0.5, 0.6) is 0 Å². The molecule has 0 saturated heterocycles. The molecule has 1 aromatic heterocycles. The lowest BCUT2D eigenvalue weighted by Crippen LogP contribution is -2.26. The van der Waals surface area contributed by atoms with Crippen molar-refractivity contribution in [3.63, 3.8) is 0 Å². The van der Waals surface area contributed by atoms with E-state index in [0.29, 0.717) is 22.8 Å². The second-order valence-electron chi connectivity index (χ2n) is 4.45. The molecule has 0 fully saturated rings. The molecule has 1 aromatic carbocycles. The van der Waals surface area contributed by atoms with Crippen LogP contribution in [0.15, 0.2) is 30.3 Å². The highest BCUT2D eigenvalue weighted by molar-refractivity contribution is 7.99. The van der Waals surface area contributed by atoms with Crippen molar-refractivity contribution in [1.29, 1.82) is 0 Å². The number of halogens is 1. The lowest BCUT2D eigenvalue weighted by atomic mass is 10.2. The number of amides is 1. The number of aromatic nitrogens is 1. The van der Waals surface area contributed by atoms with Crippen LogP contribution in [0.3, 0.4) is 0 Å². The van der Waals surface area contributed by atoms with E-state index in [4.69, 9.17) is 16.7 Å². The van der Waals surface area contributed by atoms with Gasteiger partial charge in [0, 0.05) is 24.3 Å². The monoisotopic (exact) mass is 324 g/mol. The van der Waals surface area contributed by atoms with Gasteiger partial charge < -0.3 is 10.4 Å². The molecule has 4 nitrogen and oxygen atoms in total. The van der Waals surface area contributed by atoms with Gasteiger partial charge >= 0.3 is 0 Å². The van der Waals surface area contributed by atoms with E-state index >= 15 is 0 Å². The average molecular weight is 325 g/mol. The average Bonchev–Trinajstić information content (AvgIpc) is 2.50. The minimum absolute atomic E-state index is 0.207. The molecule has 6 heteroatoms. The first-order valence-corrected chi connectivity index (χ1v) is 8.27. The number of aliphatic hydroxyl groups is 1. The predicted octanol–water partition coefficient (Wildman–Crippen LogP) is 2.73. The topological polar surface area (TPSA) is 62.2 Å². The normalized spacial score (nSPS) is 10.8. The third-order valence-corrected chi connectivity index (χ3v) is 4.26. The van der Waals surface area contributed by atoms with Crippen LogP contribution in [0.2, 0.25) is 5.02 Å². The number of nitrogens with one attached hydrogen (secondary N) is 1. The van der Waals surface area contributed by atoms with E-state index in [9.17, 15) is 4.79 Å². The van der Waals surface area contributed by atoms with Gasteiger partial charge in [-0.25, -0.2) is 4.98 Å². The first-order chi connectivity index (χ1) is 10.2. The standard InChI is InChI=1S/C15H17ClN2O2S/c16-12-10-14(18-13-5-2-1-4-11(12)13)15(20)17-6-9-21-8-3-7-19/h1-2,4-5,10,19H,3,6-9H2,(H,17,20). The SMILES string of the molecule is O=C(NCCSCCCO)c1cc(Cl)c2ccccc2n1. The Morgan fingerprint density at radius 2 is 2.14 bits per heavy atom. The molecule has 0 aliphatic heterocycles. The Hall–Kier alpha value is -1.30. The molecular weight excluding hydrogens is 308 g/mol. The van der Waals surface area contributed by atoms with Gasteiger partial charge in [-0.05, 0) is 24.3 Å². The Balaban J connectivity index is 1.93. The molecule has 0 aliphatic carbocycles. The molecule has 0 spiro atoms. The number of pyridine rings is 1. The van der Waals surface area contributed by atoms with Gasteiger partial charge in [-0.15, -0.1) is 0 Å². The fourth-order valence-electron chi connectivity index (χ4n) is 1.85. The smallest absolute Gasteiger partial charge is 0.269 e. The van der Waals surface area contributed by atoms with Crippen LogP contribution in [0.1, 0.15) is 16.9 Å². The Morgan fingerprint density at radius 1 is 1.33 bits per heavy atom. The number of carbonyl (C=O) groups excluding carboxylic acids is 1. The lowest BCUT2D eigenvalue weighted by molar-refractivity contribution is 0.0951. The molecule has 2 N–H and O–H groups in total. The summed E-state index contributed by atoms with van der Waals surface area (Å²) in [5.74, 6) is 1.49. The quantitative estimate of drug-likeness (QED) is 0.769. The van der Waals surface area contributed by atoms with Crippen molar-refractivity contribution in [2.24, 2.45) is 0 Å². The summed E-state index contributed by atoms with van der Waals surface area (Å²) in [6.07, 6.45) is 0.778. The van der Waals surface area contributed by atoms with E-state index in [1.807, 2.05) is 24.3 Å². The molecule has 0 unspecified atom stereocenters. The minimum Gasteiger partial charge on any atom is -0.396 e. The molecular formula is C15H17ClN2O2S. The highest BCUT2D eigenvalue weighted by atomic mass is 35.5. The number of hydrogen-bond donors (Lipinski definition) is 2. The number of carbonyl (C=O) groups is 1. The molecule has 0 aliphatic rings. The first kappa shape index (κ1) is 16.1. The minimum atomic E-state index is -0.217. The number of rotatable bonds is 7. The molecule has 21 heavy (non-hydrogen) atoms. The Kier molecular flexibility index (Phi) is 6.29. The van der Waals surface area contributed by atoms with Crippen molar-refractivity contribution in [2.75, 3.05) is 24.7 Å². The molecule has 1 amide bonds. The molecule has 2 rings (SSSR count). The fourth-order valence-corrected chi connectivity index (χ4v) is 2.89. The van der Waals surface area contributed by atoms with Crippen LogP contribution in [0.25, 0.3) is 10.9 Å². The summed E-state index contributed by atoms with van der Waals surface area (Å²) in [6.45, 7) is 0.778. The molecule has 0 saturated carbocycles. The summed E-state index contributed by atoms with van der Waals surface area (Å²) < 4.78 is 0. The number of para-hydroxylation sites is 1. The van der Waals surface area contributed by atoms with E-state index in [1.54, 1.807) is 17.8 Å². The summed E-state index contributed by atoms with van der Waals surface area (Å²) in [7, 11) is 0. The van der Waals surface area contributed by atoms with Crippen LogP contribution in [-0.4, -0.2) is 40.7 Å². The van der Waals surface area contributed by atoms with E-state index < -0.39 is 0 Å². The summed E-state index contributed by atoms with van der Waals surface area (Å²) in [5, 5.41) is 12.9. The van der Waals surface area contributed by atoms with Crippen molar-refractivity contribution < 1.29 is 9.90 Å². The van der Waals surface area contributed by atoms with Gasteiger partial charge in [-0.3, -0.25) is 4.79 Å². The van der Waals surface area contributed by atoms with Crippen molar-refractivity contribution >= 4 is 40.2 Å². The summed E-state index contributed by atoms with van der Waals surface area (Å²) in [4.78, 5) is 16.4. The van der Waals surface area contributed by atoms with Gasteiger partial charge in [-0.1, -0.05) is 29.8 Å². The third-order valence-electron chi connectivity index (χ3n) is 2.88. The van der Waals surface area contributed by atoms with Crippen molar-refractivity contribution in [3.8, 4) is 0 Å². The van der Waals surface area contributed by atoms with E-state index in [0.717, 1.165) is 23.3 Å². The lowest BCUT2D eigenvalue weighted by Gasteiger charge is -2.07. The largest absolute Gasteiger partial charge is 0.396 e. The Bertz CT molecular complexity index is 622. The molecule has 112 valence electrons. The van der Waals surface area contributed by atoms with Gasteiger partial charge in [0.25, 0.3) is 5.91 Å². The molecule has 2 aromatic rings. The van der Waals surface area contributed by atoms with Crippen molar-refractivity contribution in [3.05, 3.63) is 41.0 Å². The van der Waals surface area contributed by atoms with Gasteiger partial charge in [0.1, 0.15) is 5.69 Å². The van der Waals surface area contributed by atoms with Gasteiger partial charge in [0.2, 0.25) is 0 Å². The van der Waals surface area contributed by atoms with Gasteiger partial charge in [0.15, 0.2) is 0 Å². The van der Waals surface area contributed by atoms with Crippen LogP contribution in [0.4, 0.5) is 0 Å². The zero-order valence-corrected chi connectivity index (χ0v) is 13.1. The third kappa shape index (κ3) is 4.59. The van der Waals surface area contributed by atoms with E-state index in [-0.39, 0.29) is 12.5 Å². The van der Waals surface area contributed by atoms with Crippen LogP contribution >= 0.6 is 23.4 Å². The zero-order valence-electron chi connectivity index (χ0n) is 11.5. The maximum Gasteiger partial charge on any atom is 0.269 e. The number of hydrogen-bond acceptors (Lipinski definition) is 4. The fraction of sp³-hybridized carbons (Fsp3) is 0.333. The molecule has 0 bridgehead atoms. The highest BCUT2D eigenvalue weighted by Gasteiger charge is 2.10. The Morgan fingerprint density at radius 3 is 2.95 bits per heavy atom. The van der Waals surface area contributed by atoms with Crippen LogP contribution in [0, 0.1) is 0 Å². The van der Waals surface area contributed by atoms with Crippen molar-refractivity contribution in [2.45, 2.75) is 6.42 Å². The van der Waals surface area contributed by atoms with Crippen LogP contribution < -0.4 is 5.32 Å². The predicted molar refractivity (Wildman–Crippen MR) is 88.1 cm³/mol. The molecule has 0 atom stereocenters. The second kappa shape index (κ2) is 8.22. The first-order valence-electron chi connectivity index (χ1n) is 6.74. The van der Waals surface area contributed by atoms with Gasteiger partial charge in [-0.2, -0.15) is 11.8 Å². The number of thioether (sulfide) groups is 1. The van der Waals surface area contributed by atoms with E-state index in [1.165, 1.54) is 0 Å². The number of aliphatic hydroxyl groups excluding tert-OH is 1. The molecule has 0 radical (unpaired) electrons. The van der Waals surface area contributed by atoms with Crippen molar-refractivity contribution in [1.82, 2.24) is 10.3 Å². The summed E-state index contributed by atoms with van der Waals surface area (Å²) in [6, 6.07) is 9.06. The summed E-state index contributed by atoms with van der Waals surface area (Å²) in [5.41, 5.74) is 1.05. The van der Waals surface area contributed by atoms with Crippen LogP contribution in [-0.2, 0) is 0 Å². The highest BCUT2D eigenvalue weighted by Crippen LogP contribution is 2.22. The number of fused-ring (bicyclic) bond motifs is 1. The van der Waals surface area contributed by atoms with Gasteiger partial charge in [0.05, 0.1) is 10.5 Å².